The second-order valence-electron chi connectivity index (χ2n) is 3.17. The van der Waals surface area contributed by atoms with Gasteiger partial charge in [0.2, 0.25) is 0 Å². The highest BCUT2D eigenvalue weighted by Crippen LogP contribution is 2.25. The summed E-state index contributed by atoms with van der Waals surface area (Å²) in [5, 5.41) is 4.22. The molecule has 1 heterocycles. The first-order chi connectivity index (χ1) is 5.86. The summed E-state index contributed by atoms with van der Waals surface area (Å²) in [6.45, 7) is 3.21. The van der Waals surface area contributed by atoms with Crippen LogP contribution in [0.3, 0.4) is 0 Å². The molecule has 1 nitrogen and oxygen atoms in total. The van der Waals surface area contributed by atoms with Crippen LogP contribution in [0.4, 0.5) is 0 Å². The maximum atomic E-state index is 5.35. The van der Waals surface area contributed by atoms with Gasteiger partial charge in [-0.25, -0.2) is 0 Å². The average Bonchev–Trinajstić information content (AvgIpc) is 2.59. The Morgan fingerprint density at radius 1 is 1.75 bits per heavy atom. The molecule has 0 spiro atoms. The van der Waals surface area contributed by atoms with Gasteiger partial charge in [-0.3, -0.25) is 0 Å². The van der Waals surface area contributed by atoms with E-state index in [9.17, 15) is 0 Å². The summed E-state index contributed by atoms with van der Waals surface area (Å²) in [6.07, 6.45) is 9.12. The monoisotopic (exact) mass is 183 g/mol. The lowest BCUT2D eigenvalue weighted by Crippen LogP contribution is -2.32. The fraction of sp³-hybridized carbons (Fsp3) is 0.800. The molecular formula is C10H17NS. The molecule has 0 aromatic rings. The van der Waals surface area contributed by atoms with Gasteiger partial charge in [-0.05, 0) is 25.0 Å². The number of nitrogens with one attached hydrogen (secondary N) is 1. The maximum absolute atomic E-state index is 5.35. The van der Waals surface area contributed by atoms with Crippen LogP contribution < -0.4 is 5.32 Å². The number of thioether (sulfide) groups is 1. The molecule has 68 valence electrons. The lowest BCUT2D eigenvalue weighted by Gasteiger charge is -2.13. The molecule has 0 aliphatic carbocycles. The van der Waals surface area contributed by atoms with Crippen molar-refractivity contribution >= 4 is 11.8 Å². The van der Waals surface area contributed by atoms with Crippen LogP contribution in [0.1, 0.15) is 26.2 Å². The predicted molar refractivity (Wildman–Crippen MR) is 56.4 cm³/mol. The van der Waals surface area contributed by atoms with E-state index in [0.29, 0.717) is 0 Å². The molecule has 2 heteroatoms. The molecule has 0 aromatic carbocycles. The van der Waals surface area contributed by atoms with E-state index in [1.807, 2.05) is 0 Å². The van der Waals surface area contributed by atoms with E-state index in [-0.39, 0.29) is 6.04 Å². The SMILES string of the molecule is C#CC(CC)NCC1CCCS1. The van der Waals surface area contributed by atoms with Crippen molar-refractivity contribution in [2.45, 2.75) is 37.5 Å². The summed E-state index contributed by atoms with van der Waals surface area (Å²) in [5.41, 5.74) is 0. The molecule has 0 radical (unpaired) electrons. The molecular weight excluding hydrogens is 166 g/mol. The van der Waals surface area contributed by atoms with Gasteiger partial charge < -0.3 is 5.32 Å². The highest BCUT2D eigenvalue weighted by molar-refractivity contribution is 8.00. The van der Waals surface area contributed by atoms with Crippen LogP contribution in [-0.2, 0) is 0 Å². The van der Waals surface area contributed by atoms with Crippen LogP contribution in [0.25, 0.3) is 0 Å². The third kappa shape index (κ3) is 3.08. The first kappa shape index (κ1) is 9.95. The largest absolute Gasteiger partial charge is 0.303 e. The third-order valence-electron chi connectivity index (χ3n) is 2.23. The third-order valence-corrected chi connectivity index (χ3v) is 3.62. The van der Waals surface area contributed by atoms with E-state index in [0.717, 1.165) is 18.2 Å². The molecule has 2 atom stereocenters. The first-order valence-corrected chi connectivity index (χ1v) is 5.72. The summed E-state index contributed by atoms with van der Waals surface area (Å²) in [5.74, 6) is 4.09. The maximum Gasteiger partial charge on any atom is 0.0684 e. The Labute approximate surface area is 79.7 Å². The quantitative estimate of drug-likeness (QED) is 0.668. The Morgan fingerprint density at radius 2 is 2.58 bits per heavy atom. The van der Waals surface area contributed by atoms with Gasteiger partial charge in [-0.2, -0.15) is 11.8 Å². The van der Waals surface area contributed by atoms with Gasteiger partial charge in [0.1, 0.15) is 0 Å². The Kier molecular flexibility index (Phi) is 4.57. The lowest BCUT2D eigenvalue weighted by atomic mass is 10.2. The molecule has 2 unspecified atom stereocenters. The summed E-state index contributed by atoms with van der Waals surface area (Å²) in [4.78, 5) is 0. The number of terminal acetylenes is 1. The summed E-state index contributed by atoms with van der Waals surface area (Å²) in [7, 11) is 0. The highest BCUT2D eigenvalue weighted by atomic mass is 32.2. The van der Waals surface area contributed by atoms with Crippen LogP contribution in [0.5, 0.6) is 0 Å². The molecule has 12 heavy (non-hydrogen) atoms. The Bertz CT molecular complexity index is 156. The Balaban J connectivity index is 2.11. The van der Waals surface area contributed by atoms with Crippen molar-refractivity contribution in [1.29, 1.82) is 0 Å². The normalized spacial score (nSPS) is 25.2. The zero-order valence-electron chi connectivity index (χ0n) is 7.68. The highest BCUT2D eigenvalue weighted by Gasteiger charge is 2.15. The zero-order valence-corrected chi connectivity index (χ0v) is 8.49. The van der Waals surface area contributed by atoms with E-state index in [1.165, 1.54) is 18.6 Å². The van der Waals surface area contributed by atoms with Gasteiger partial charge in [0.05, 0.1) is 6.04 Å². The van der Waals surface area contributed by atoms with Crippen LogP contribution in [0.15, 0.2) is 0 Å². The molecule has 0 aromatic heterocycles. The summed E-state index contributed by atoms with van der Waals surface area (Å²) >= 11 is 2.07. The molecule has 0 bridgehead atoms. The van der Waals surface area contributed by atoms with Gasteiger partial charge in [-0.15, -0.1) is 6.42 Å². The van der Waals surface area contributed by atoms with E-state index in [2.05, 4.69) is 29.9 Å². The van der Waals surface area contributed by atoms with Crippen molar-refractivity contribution in [2.24, 2.45) is 0 Å². The van der Waals surface area contributed by atoms with Gasteiger partial charge in [0.25, 0.3) is 0 Å². The van der Waals surface area contributed by atoms with Gasteiger partial charge >= 0.3 is 0 Å². The van der Waals surface area contributed by atoms with Crippen molar-refractivity contribution in [3.8, 4) is 12.3 Å². The van der Waals surface area contributed by atoms with E-state index < -0.39 is 0 Å². The predicted octanol–water partition coefficient (Wildman–Crippen LogP) is 1.88. The van der Waals surface area contributed by atoms with Crippen LogP contribution >= 0.6 is 11.8 Å². The van der Waals surface area contributed by atoms with Crippen molar-refractivity contribution in [3.63, 3.8) is 0 Å². The number of hydrogen-bond acceptors (Lipinski definition) is 2. The number of hydrogen-bond donors (Lipinski definition) is 1. The molecule has 0 amide bonds. The molecule has 1 aliphatic rings. The van der Waals surface area contributed by atoms with Crippen LogP contribution in [0, 0.1) is 12.3 Å². The summed E-state index contributed by atoms with van der Waals surface area (Å²) < 4.78 is 0. The van der Waals surface area contributed by atoms with Gasteiger partial charge in [0.15, 0.2) is 0 Å². The minimum atomic E-state index is 0.284. The molecule has 1 aliphatic heterocycles. The minimum absolute atomic E-state index is 0.284. The van der Waals surface area contributed by atoms with Gasteiger partial charge in [-0.1, -0.05) is 12.8 Å². The summed E-state index contributed by atoms with van der Waals surface area (Å²) in [6, 6.07) is 0.284. The second-order valence-corrected chi connectivity index (χ2v) is 4.58. The first-order valence-electron chi connectivity index (χ1n) is 4.68. The van der Waals surface area contributed by atoms with Gasteiger partial charge in [0, 0.05) is 11.8 Å². The minimum Gasteiger partial charge on any atom is -0.303 e. The topological polar surface area (TPSA) is 12.0 Å². The Hall–Kier alpha value is -0.130. The van der Waals surface area contributed by atoms with E-state index >= 15 is 0 Å². The van der Waals surface area contributed by atoms with E-state index in [1.54, 1.807) is 0 Å². The molecule has 1 rings (SSSR count). The second kappa shape index (κ2) is 5.50. The molecule has 1 fully saturated rings. The van der Waals surface area contributed by atoms with Crippen molar-refractivity contribution < 1.29 is 0 Å². The fourth-order valence-corrected chi connectivity index (χ4v) is 2.61. The van der Waals surface area contributed by atoms with E-state index in [4.69, 9.17) is 6.42 Å². The number of rotatable bonds is 4. The van der Waals surface area contributed by atoms with Crippen LogP contribution in [0.2, 0.25) is 0 Å². The lowest BCUT2D eigenvalue weighted by molar-refractivity contribution is 0.575. The fourth-order valence-electron chi connectivity index (χ4n) is 1.40. The average molecular weight is 183 g/mol. The Morgan fingerprint density at radius 3 is 3.08 bits per heavy atom. The van der Waals surface area contributed by atoms with Crippen molar-refractivity contribution in [2.75, 3.05) is 12.3 Å². The zero-order chi connectivity index (χ0) is 8.81. The molecule has 1 saturated heterocycles. The van der Waals surface area contributed by atoms with Crippen LogP contribution in [-0.4, -0.2) is 23.6 Å². The van der Waals surface area contributed by atoms with Crippen molar-refractivity contribution in [1.82, 2.24) is 5.32 Å². The molecule has 1 N–H and O–H groups in total. The molecule has 0 saturated carbocycles. The standard InChI is InChI=1S/C10H17NS/c1-3-9(4-2)11-8-10-6-5-7-12-10/h1,9-11H,4-8H2,2H3. The van der Waals surface area contributed by atoms with Crippen molar-refractivity contribution in [3.05, 3.63) is 0 Å². The smallest absolute Gasteiger partial charge is 0.0684 e.